The number of aromatic nitrogens is 1. The number of amides is 1. The van der Waals surface area contributed by atoms with Crippen molar-refractivity contribution in [2.45, 2.75) is 43.7 Å². The summed E-state index contributed by atoms with van der Waals surface area (Å²) in [6, 6.07) is 6.63. The maximum Gasteiger partial charge on any atom is 0.233 e. The van der Waals surface area contributed by atoms with Crippen molar-refractivity contribution in [3.8, 4) is 0 Å². The van der Waals surface area contributed by atoms with Crippen LogP contribution in [0.2, 0.25) is 0 Å². The first-order chi connectivity index (χ1) is 10.6. The Kier molecular flexibility index (Phi) is 5.07. The van der Waals surface area contributed by atoms with E-state index in [-0.39, 0.29) is 10.1 Å². The average Bonchev–Trinajstić information content (AvgIpc) is 2.88. The van der Waals surface area contributed by atoms with Crippen molar-refractivity contribution < 1.29 is 18.0 Å². The van der Waals surface area contributed by atoms with Crippen LogP contribution in [0.25, 0.3) is 10.2 Å². The number of fused-ring (bicyclic) bond motifs is 1. The molecule has 8 heteroatoms. The summed E-state index contributed by atoms with van der Waals surface area (Å²) in [6.07, 6.45) is 0.504. The summed E-state index contributed by atoms with van der Waals surface area (Å²) >= 11 is 1.13. The minimum Gasteiger partial charge on any atom is -0.276 e. The quantitative estimate of drug-likeness (QED) is 0.587. The van der Waals surface area contributed by atoms with Crippen LogP contribution in [-0.4, -0.2) is 42.3 Å². The summed E-state index contributed by atoms with van der Waals surface area (Å²) < 4.78 is 26.0. The molecule has 0 aliphatic heterocycles. The van der Waals surface area contributed by atoms with Crippen LogP contribution < -0.4 is 0 Å². The SMILES string of the molecule is CC(CS(=O)(=O)c1nc2ccccc2s1)N(C=O)OC(C)(C)C. The molecule has 0 saturated heterocycles. The molecule has 126 valence electrons. The first kappa shape index (κ1) is 17.8. The molecule has 1 heterocycles. The second-order valence-corrected chi connectivity index (χ2v) is 9.49. The Bertz CT molecular complexity index is 760. The van der Waals surface area contributed by atoms with Crippen LogP contribution in [0.1, 0.15) is 27.7 Å². The molecule has 0 saturated carbocycles. The molecule has 0 spiro atoms. The number of sulfone groups is 1. The van der Waals surface area contributed by atoms with Gasteiger partial charge in [-0.15, -0.1) is 11.3 Å². The Morgan fingerprint density at radius 2 is 2.00 bits per heavy atom. The molecule has 23 heavy (non-hydrogen) atoms. The van der Waals surface area contributed by atoms with E-state index in [1.54, 1.807) is 33.8 Å². The molecule has 1 unspecified atom stereocenters. The van der Waals surface area contributed by atoms with Gasteiger partial charge in [-0.2, -0.15) is 0 Å². The summed E-state index contributed by atoms with van der Waals surface area (Å²) in [7, 11) is -3.61. The number of carbonyl (C=O) groups is 1. The lowest BCUT2D eigenvalue weighted by atomic mass is 10.2. The fourth-order valence-corrected chi connectivity index (χ4v) is 4.82. The number of carbonyl (C=O) groups excluding carboxylic acids is 1. The first-order valence-electron chi connectivity index (χ1n) is 7.13. The normalized spacial score (nSPS) is 13.9. The smallest absolute Gasteiger partial charge is 0.233 e. The molecule has 1 amide bonds. The third kappa shape index (κ3) is 4.49. The van der Waals surface area contributed by atoms with Gasteiger partial charge in [-0.05, 0) is 39.8 Å². The largest absolute Gasteiger partial charge is 0.276 e. The summed E-state index contributed by atoms with van der Waals surface area (Å²) in [5.41, 5.74) is 0.0661. The van der Waals surface area contributed by atoms with Crippen LogP contribution in [0, 0.1) is 0 Å². The summed E-state index contributed by atoms with van der Waals surface area (Å²) in [5.74, 6) is -0.248. The van der Waals surface area contributed by atoms with Gasteiger partial charge in [0.2, 0.25) is 20.6 Å². The second kappa shape index (κ2) is 6.54. The molecule has 0 radical (unpaired) electrons. The Hall–Kier alpha value is -1.51. The molecule has 2 rings (SSSR count). The molecule has 1 atom stereocenters. The number of nitrogens with zero attached hydrogens (tertiary/aromatic N) is 2. The monoisotopic (exact) mass is 356 g/mol. The highest BCUT2D eigenvalue weighted by Gasteiger charge is 2.28. The van der Waals surface area contributed by atoms with Crippen molar-refractivity contribution in [1.82, 2.24) is 10.0 Å². The van der Waals surface area contributed by atoms with E-state index in [1.165, 1.54) is 0 Å². The second-order valence-electron chi connectivity index (χ2n) is 6.25. The number of para-hydroxylation sites is 1. The predicted molar refractivity (Wildman–Crippen MR) is 89.9 cm³/mol. The van der Waals surface area contributed by atoms with Gasteiger partial charge in [-0.3, -0.25) is 9.63 Å². The highest BCUT2D eigenvalue weighted by atomic mass is 32.2. The minimum atomic E-state index is -3.61. The number of hydrogen-bond acceptors (Lipinski definition) is 6. The summed E-state index contributed by atoms with van der Waals surface area (Å²) in [6.45, 7) is 7.00. The Labute approximate surface area is 140 Å². The van der Waals surface area contributed by atoms with Crippen LogP contribution in [0.3, 0.4) is 0 Å². The first-order valence-corrected chi connectivity index (χ1v) is 9.60. The van der Waals surface area contributed by atoms with Gasteiger partial charge in [0, 0.05) is 0 Å². The highest BCUT2D eigenvalue weighted by Crippen LogP contribution is 2.26. The lowest BCUT2D eigenvalue weighted by Crippen LogP contribution is -2.42. The molecule has 0 N–H and O–H groups in total. The predicted octanol–water partition coefficient (Wildman–Crippen LogP) is 2.65. The summed E-state index contributed by atoms with van der Waals surface area (Å²) in [4.78, 5) is 20.8. The number of hydrogen-bond donors (Lipinski definition) is 0. The average molecular weight is 356 g/mol. The van der Waals surface area contributed by atoms with E-state index >= 15 is 0 Å². The van der Waals surface area contributed by atoms with Gasteiger partial charge >= 0.3 is 0 Å². The minimum absolute atomic E-state index is 0.0622. The van der Waals surface area contributed by atoms with Crippen LogP contribution >= 0.6 is 11.3 Å². The number of thiazole rings is 1. The van der Waals surface area contributed by atoms with Gasteiger partial charge in [0.15, 0.2) is 0 Å². The molecular formula is C15H20N2O4S2. The van der Waals surface area contributed by atoms with Crippen LogP contribution in [0.4, 0.5) is 0 Å². The van der Waals surface area contributed by atoms with Gasteiger partial charge in [0.05, 0.1) is 27.6 Å². The topological polar surface area (TPSA) is 76.6 Å². The zero-order chi connectivity index (χ0) is 17.3. The van der Waals surface area contributed by atoms with Crippen LogP contribution in [0.15, 0.2) is 28.6 Å². The molecule has 2 aromatic rings. The van der Waals surface area contributed by atoms with Crippen molar-refractivity contribution in [2.75, 3.05) is 5.75 Å². The Morgan fingerprint density at radius 1 is 1.35 bits per heavy atom. The van der Waals surface area contributed by atoms with Gasteiger partial charge in [0.1, 0.15) is 0 Å². The van der Waals surface area contributed by atoms with Crippen molar-refractivity contribution in [3.63, 3.8) is 0 Å². The van der Waals surface area contributed by atoms with Gasteiger partial charge < -0.3 is 0 Å². The van der Waals surface area contributed by atoms with Crippen LogP contribution in [0.5, 0.6) is 0 Å². The van der Waals surface area contributed by atoms with E-state index in [2.05, 4.69) is 4.98 Å². The third-order valence-electron chi connectivity index (χ3n) is 2.92. The Morgan fingerprint density at radius 3 is 2.57 bits per heavy atom. The Balaban J connectivity index is 2.21. The van der Waals surface area contributed by atoms with E-state index in [1.807, 2.05) is 18.2 Å². The lowest BCUT2D eigenvalue weighted by molar-refractivity contribution is -0.227. The van der Waals surface area contributed by atoms with E-state index in [4.69, 9.17) is 4.84 Å². The molecule has 1 aromatic heterocycles. The van der Waals surface area contributed by atoms with E-state index in [0.29, 0.717) is 11.9 Å². The lowest BCUT2D eigenvalue weighted by Gasteiger charge is -2.30. The molecular weight excluding hydrogens is 336 g/mol. The molecule has 0 fully saturated rings. The van der Waals surface area contributed by atoms with E-state index in [9.17, 15) is 13.2 Å². The standard InChI is InChI=1S/C15H20N2O4S2/c1-11(17(10-18)21-15(2,3)4)9-23(19,20)14-16-12-7-5-6-8-13(12)22-14/h5-8,10-11H,9H2,1-4H3. The van der Waals surface area contributed by atoms with E-state index < -0.39 is 21.5 Å². The zero-order valence-corrected chi connectivity index (χ0v) is 15.1. The molecule has 6 nitrogen and oxygen atoms in total. The van der Waals surface area contributed by atoms with E-state index in [0.717, 1.165) is 21.1 Å². The molecule has 0 aliphatic rings. The number of rotatable bonds is 6. The fourth-order valence-electron chi connectivity index (χ4n) is 1.98. The summed E-state index contributed by atoms with van der Waals surface area (Å²) in [5, 5.41) is 1.05. The van der Waals surface area contributed by atoms with Crippen molar-refractivity contribution in [1.29, 1.82) is 0 Å². The molecule has 1 aromatic carbocycles. The van der Waals surface area contributed by atoms with Crippen LogP contribution in [-0.2, 0) is 19.5 Å². The molecule has 0 bridgehead atoms. The maximum atomic E-state index is 12.5. The van der Waals surface area contributed by atoms with Gasteiger partial charge in [-0.25, -0.2) is 18.5 Å². The maximum absolute atomic E-state index is 12.5. The number of benzene rings is 1. The van der Waals surface area contributed by atoms with Gasteiger partial charge in [-0.1, -0.05) is 12.1 Å². The third-order valence-corrected chi connectivity index (χ3v) is 6.31. The van der Waals surface area contributed by atoms with Crippen molar-refractivity contribution >= 4 is 37.8 Å². The molecule has 0 aliphatic carbocycles. The number of hydroxylamine groups is 2. The van der Waals surface area contributed by atoms with Crippen molar-refractivity contribution in [2.24, 2.45) is 0 Å². The van der Waals surface area contributed by atoms with Crippen molar-refractivity contribution in [3.05, 3.63) is 24.3 Å². The highest BCUT2D eigenvalue weighted by molar-refractivity contribution is 7.93. The zero-order valence-electron chi connectivity index (χ0n) is 13.5. The van der Waals surface area contributed by atoms with Gasteiger partial charge in [0.25, 0.3) is 0 Å². The fraction of sp³-hybridized carbons (Fsp3) is 0.467.